The predicted molar refractivity (Wildman–Crippen MR) is 42.1 cm³/mol. The maximum absolute atomic E-state index is 10.4. The van der Waals surface area contributed by atoms with E-state index in [9.17, 15) is 16.8 Å². The van der Waals surface area contributed by atoms with Crippen LogP contribution in [0.25, 0.3) is 0 Å². The van der Waals surface area contributed by atoms with Gasteiger partial charge in [-0.1, -0.05) is 0 Å². The lowest BCUT2D eigenvalue weighted by Gasteiger charge is -1.93. The first-order valence-corrected chi connectivity index (χ1v) is 7.68. The van der Waals surface area contributed by atoms with Crippen molar-refractivity contribution in [1.29, 1.82) is 0 Å². The molecule has 0 heterocycles. The molecule has 0 aromatic carbocycles. The monoisotopic (exact) mass is 204 g/mol. The second-order valence-electron chi connectivity index (χ2n) is 1.87. The van der Waals surface area contributed by atoms with E-state index in [0.29, 0.717) is 10.8 Å². The minimum atomic E-state index is -3.22. The summed E-state index contributed by atoms with van der Waals surface area (Å²) in [4.78, 5) is 0. The third-order valence-corrected chi connectivity index (χ3v) is 5.15. The van der Waals surface area contributed by atoms with Crippen LogP contribution in [0, 0.1) is 0 Å². The molecule has 4 nitrogen and oxygen atoms in total. The van der Waals surface area contributed by atoms with Gasteiger partial charge in [0, 0.05) is 12.5 Å². The predicted octanol–water partition coefficient (Wildman–Crippen LogP) is -0.319. The van der Waals surface area contributed by atoms with Crippen LogP contribution in [-0.2, 0) is 18.7 Å². The van der Waals surface area contributed by atoms with E-state index in [1.165, 1.54) is 0 Å². The van der Waals surface area contributed by atoms with Crippen LogP contribution in [0.1, 0.15) is 0 Å². The van der Waals surface area contributed by atoms with Crippen LogP contribution in [0.3, 0.4) is 0 Å². The minimum absolute atomic E-state index is 0.369. The first-order chi connectivity index (χ1) is 4.21. The molecule has 0 bridgehead atoms. The fourth-order valence-corrected chi connectivity index (χ4v) is 4.72. The summed E-state index contributed by atoms with van der Waals surface area (Å²) in [5, 5.41) is -0.369. The molecule has 0 radical (unpaired) electrons. The van der Waals surface area contributed by atoms with Crippen molar-refractivity contribution in [1.82, 2.24) is 0 Å². The highest BCUT2D eigenvalue weighted by molar-refractivity contribution is 8.73. The molecule has 0 N–H and O–H groups in total. The van der Waals surface area contributed by atoms with Crippen LogP contribution in [0.4, 0.5) is 0 Å². The lowest BCUT2D eigenvalue weighted by atomic mass is 11.9. The summed E-state index contributed by atoms with van der Waals surface area (Å²) >= 11 is 0. The van der Waals surface area contributed by atoms with Crippen LogP contribution in [0.2, 0.25) is 0 Å². The summed E-state index contributed by atoms with van der Waals surface area (Å²) in [5.74, 6) is 0. The Balaban J connectivity index is 4.05. The van der Waals surface area contributed by atoms with Gasteiger partial charge in [-0.3, -0.25) is 0 Å². The molecule has 0 unspecified atom stereocenters. The molecule has 0 aliphatic rings. The second kappa shape index (κ2) is 3.10. The number of hydrogen-bond acceptors (Lipinski definition) is 5. The molecular formula is C3H8O4S3. The Hall–Kier alpha value is 0.250. The largest absolute Gasteiger partial charge is 0.228 e. The summed E-state index contributed by atoms with van der Waals surface area (Å²) in [6, 6.07) is 0. The van der Waals surface area contributed by atoms with Crippen molar-refractivity contribution in [3.8, 4) is 0 Å². The molecule has 0 amide bonds. The number of rotatable bonds is 3. The van der Waals surface area contributed by atoms with E-state index in [0.717, 1.165) is 12.5 Å². The second-order valence-corrected chi connectivity index (χ2v) is 8.83. The molecule has 0 aliphatic heterocycles. The van der Waals surface area contributed by atoms with Crippen molar-refractivity contribution in [2.45, 2.75) is 0 Å². The van der Waals surface area contributed by atoms with Gasteiger partial charge < -0.3 is 0 Å². The van der Waals surface area contributed by atoms with E-state index >= 15 is 0 Å². The van der Waals surface area contributed by atoms with Gasteiger partial charge in [0.15, 0.2) is 18.7 Å². The van der Waals surface area contributed by atoms with Crippen molar-refractivity contribution in [2.75, 3.05) is 17.6 Å². The molecule has 10 heavy (non-hydrogen) atoms. The molecule has 0 fully saturated rings. The summed E-state index contributed by atoms with van der Waals surface area (Å²) in [6.45, 7) is 0. The lowest BCUT2D eigenvalue weighted by Crippen LogP contribution is -2.02. The van der Waals surface area contributed by atoms with E-state index in [1.54, 1.807) is 0 Å². The smallest absolute Gasteiger partial charge is 0.199 e. The summed E-state index contributed by atoms with van der Waals surface area (Å²) in [7, 11) is -5.97. The van der Waals surface area contributed by atoms with Gasteiger partial charge in [0.1, 0.15) is 5.08 Å². The van der Waals surface area contributed by atoms with E-state index in [2.05, 4.69) is 0 Å². The maximum atomic E-state index is 10.4. The van der Waals surface area contributed by atoms with Crippen LogP contribution < -0.4 is 0 Å². The summed E-state index contributed by atoms with van der Waals surface area (Å²) < 4.78 is 41.5. The first-order valence-electron chi connectivity index (χ1n) is 2.23. The molecular weight excluding hydrogens is 196 g/mol. The van der Waals surface area contributed by atoms with Crippen molar-refractivity contribution in [3.05, 3.63) is 0 Å². The molecule has 0 aromatic heterocycles. The Bertz CT molecular complexity index is 252. The third kappa shape index (κ3) is 8.25. The van der Waals surface area contributed by atoms with Gasteiger partial charge >= 0.3 is 0 Å². The van der Waals surface area contributed by atoms with Gasteiger partial charge in [0.25, 0.3) is 0 Å². The van der Waals surface area contributed by atoms with Gasteiger partial charge in [0.2, 0.25) is 0 Å². The van der Waals surface area contributed by atoms with Gasteiger partial charge in [-0.15, -0.1) is 0 Å². The zero-order chi connectivity index (χ0) is 8.41. The van der Waals surface area contributed by atoms with Crippen LogP contribution >= 0.6 is 10.8 Å². The zero-order valence-corrected chi connectivity index (χ0v) is 8.01. The molecule has 0 saturated carbocycles. The van der Waals surface area contributed by atoms with Gasteiger partial charge in [-0.2, -0.15) is 0 Å². The van der Waals surface area contributed by atoms with Crippen molar-refractivity contribution < 1.29 is 16.8 Å². The SMILES string of the molecule is CS(=O)(=O)CSS(C)(=O)=O. The normalized spacial score (nSPS) is 13.4. The van der Waals surface area contributed by atoms with Crippen LogP contribution in [-0.4, -0.2) is 34.4 Å². The number of sulfone groups is 1. The fraction of sp³-hybridized carbons (Fsp3) is 1.00. The summed E-state index contributed by atoms with van der Waals surface area (Å²) in [6.07, 6.45) is 1.97. The van der Waals surface area contributed by atoms with E-state index < -0.39 is 18.7 Å². The quantitative estimate of drug-likeness (QED) is 0.589. The minimum Gasteiger partial charge on any atom is -0.228 e. The van der Waals surface area contributed by atoms with Gasteiger partial charge in [-0.05, 0) is 10.8 Å². The zero-order valence-electron chi connectivity index (χ0n) is 5.56. The van der Waals surface area contributed by atoms with Crippen molar-refractivity contribution >= 4 is 29.5 Å². The van der Waals surface area contributed by atoms with Crippen molar-refractivity contribution in [3.63, 3.8) is 0 Å². The van der Waals surface area contributed by atoms with Gasteiger partial charge in [0.05, 0.1) is 0 Å². The molecule has 0 aliphatic carbocycles. The molecule has 0 aromatic rings. The highest BCUT2D eigenvalue weighted by Crippen LogP contribution is 2.11. The standard InChI is InChI=1S/C3H8O4S3/c1-9(4,5)3-8-10(2,6)7/h3H2,1-2H3. The number of hydrogen-bond donors (Lipinski definition) is 0. The highest BCUT2D eigenvalue weighted by Gasteiger charge is 2.08. The molecule has 62 valence electrons. The molecule has 0 spiro atoms. The van der Waals surface area contributed by atoms with E-state index in [4.69, 9.17) is 0 Å². The Morgan fingerprint density at radius 3 is 1.60 bits per heavy atom. The molecule has 7 heteroatoms. The maximum Gasteiger partial charge on any atom is 0.199 e. The first kappa shape index (κ1) is 10.2. The van der Waals surface area contributed by atoms with Crippen molar-refractivity contribution in [2.24, 2.45) is 0 Å². The summed E-state index contributed by atoms with van der Waals surface area (Å²) in [5.41, 5.74) is 0. The fourth-order valence-electron chi connectivity index (χ4n) is 0.175. The molecule has 0 atom stereocenters. The van der Waals surface area contributed by atoms with E-state index in [1.807, 2.05) is 0 Å². The lowest BCUT2D eigenvalue weighted by molar-refractivity contribution is 0.605. The third-order valence-electron chi connectivity index (χ3n) is 0.476. The Kier molecular flexibility index (Phi) is 3.18. The highest BCUT2D eigenvalue weighted by atomic mass is 33.1. The average molecular weight is 204 g/mol. The Labute approximate surface area is 64.2 Å². The topological polar surface area (TPSA) is 68.3 Å². The van der Waals surface area contributed by atoms with Crippen LogP contribution in [0.15, 0.2) is 0 Å². The van der Waals surface area contributed by atoms with Gasteiger partial charge in [-0.25, -0.2) is 16.8 Å². The molecule has 0 saturated heterocycles. The Morgan fingerprint density at radius 1 is 1.10 bits per heavy atom. The molecule has 0 rings (SSSR count). The Morgan fingerprint density at radius 2 is 1.50 bits per heavy atom. The van der Waals surface area contributed by atoms with E-state index in [-0.39, 0.29) is 5.08 Å². The average Bonchev–Trinajstić information content (AvgIpc) is 1.57. The van der Waals surface area contributed by atoms with Crippen LogP contribution in [0.5, 0.6) is 0 Å².